The molecule has 0 amide bonds. The largest absolute Gasteiger partial charge is 0.389 e. The number of aryl methyl sites for hydroxylation is 2. The average molecular weight is 277 g/mol. The number of aromatic nitrogens is 2. The van der Waals surface area contributed by atoms with Crippen LogP contribution >= 0.6 is 12.2 Å². The summed E-state index contributed by atoms with van der Waals surface area (Å²) >= 11 is 4.84. The number of nitrogens with zero attached hydrogens (tertiary/aromatic N) is 2. The van der Waals surface area contributed by atoms with Crippen LogP contribution in [0.4, 0.5) is 4.39 Å². The first kappa shape index (κ1) is 13.7. The number of halogens is 1. The predicted molar refractivity (Wildman–Crippen MR) is 78.2 cm³/mol. The van der Waals surface area contributed by atoms with Gasteiger partial charge in [-0.2, -0.15) is 5.10 Å². The van der Waals surface area contributed by atoms with E-state index in [1.54, 1.807) is 16.8 Å². The Labute approximate surface area is 117 Å². The van der Waals surface area contributed by atoms with Crippen molar-refractivity contribution in [3.8, 4) is 5.69 Å². The molecule has 0 unspecified atom stereocenters. The molecule has 0 spiro atoms. The molecule has 0 saturated heterocycles. The minimum Gasteiger partial charge on any atom is -0.389 e. The van der Waals surface area contributed by atoms with Gasteiger partial charge in [0.1, 0.15) is 16.5 Å². The Kier molecular flexibility index (Phi) is 3.95. The van der Waals surface area contributed by atoms with Crippen molar-refractivity contribution in [2.24, 2.45) is 5.73 Å². The highest BCUT2D eigenvalue weighted by Crippen LogP contribution is 2.18. The molecular formula is C14H16FN3S. The van der Waals surface area contributed by atoms with Crippen molar-refractivity contribution in [2.45, 2.75) is 26.7 Å². The van der Waals surface area contributed by atoms with E-state index in [4.69, 9.17) is 18.0 Å². The van der Waals surface area contributed by atoms with Gasteiger partial charge in [-0.15, -0.1) is 0 Å². The second-order valence-corrected chi connectivity index (χ2v) is 4.72. The third-order valence-electron chi connectivity index (χ3n) is 3.02. The van der Waals surface area contributed by atoms with Gasteiger partial charge in [-0.25, -0.2) is 9.07 Å². The number of thiocarbonyl (C=S) groups is 1. The van der Waals surface area contributed by atoms with Crippen LogP contribution in [0.5, 0.6) is 0 Å². The van der Waals surface area contributed by atoms with Crippen molar-refractivity contribution in [1.82, 2.24) is 9.78 Å². The summed E-state index contributed by atoms with van der Waals surface area (Å²) in [6.07, 6.45) is 1.62. The number of nitrogens with two attached hydrogens (primary N) is 1. The van der Waals surface area contributed by atoms with Crippen molar-refractivity contribution in [3.05, 3.63) is 47.0 Å². The Hall–Kier alpha value is -1.75. The summed E-state index contributed by atoms with van der Waals surface area (Å²) in [6.45, 7) is 4.05. The molecular weight excluding hydrogens is 261 g/mol. The maximum Gasteiger partial charge on any atom is 0.149 e. The first-order valence-corrected chi connectivity index (χ1v) is 6.65. The smallest absolute Gasteiger partial charge is 0.149 e. The van der Waals surface area contributed by atoms with Crippen molar-refractivity contribution >= 4 is 17.2 Å². The summed E-state index contributed by atoms with van der Waals surface area (Å²) in [5, 5.41) is 4.42. The zero-order valence-corrected chi connectivity index (χ0v) is 11.8. The third kappa shape index (κ3) is 2.66. The molecule has 1 aromatic carbocycles. The van der Waals surface area contributed by atoms with E-state index in [-0.39, 0.29) is 10.8 Å². The molecule has 1 heterocycles. The molecule has 2 rings (SSSR count). The monoisotopic (exact) mass is 277 g/mol. The fraction of sp³-hybridized carbons (Fsp3) is 0.286. The minimum atomic E-state index is -0.370. The lowest BCUT2D eigenvalue weighted by molar-refractivity contribution is 0.605. The molecule has 2 aromatic rings. The fourth-order valence-corrected chi connectivity index (χ4v) is 2.07. The van der Waals surface area contributed by atoms with E-state index < -0.39 is 0 Å². The van der Waals surface area contributed by atoms with Crippen LogP contribution in [0.25, 0.3) is 5.69 Å². The normalized spacial score (nSPS) is 10.7. The van der Waals surface area contributed by atoms with Gasteiger partial charge in [-0.1, -0.05) is 26.1 Å². The van der Waals surface area contributed by atoms with Gasteiger partial charge in [0.05, 0.1) is 5.69 Å². The van der Waals surface area contributed by atoms with E-state index in [1.807, 2.05) is 19.9 Å². The molecule has 3 nitrogen and oxygen atoms in total. The third-order valence-corrected chi connectivity index (χ3v) is 3.25. The van der Waals surface area contributed by atoms with Gasteiger partial charge in [0.15, 0.2) is 0 Å². The zero-order valence-electron chi connectivity index (χ0n) is 11.0. The van der Waals surface area contributed by atoms with Gasteiger partial charge in [-0.05, 0) is 37.1 Å². The lowest BCUT2D eigenvalue weighted by atomic mass is 10.2. The van der Waals surface area contributed by atoms with Gasteiger partial charge in [0, 0.05) is 11.3 Å². The van der Waals surface area contributed by atoms with Gasteiger partial charge < -0.3 is 5.73 Å². The molecule has 2 N–H and O–H groups in total. The molecule has 0 atom stereocenters. The average Bonchev–Trinajstić information content (AvgIpc) is 2.81. The topological polar surface area (TPSA) is 43.8 Å². The quantitative estimate of drug-likeness (QED) is 0.874. The Morgan fingerprint density at radius 1 is 1.32 bits per heavy atom. The van der Waals surface area contributed by atoms with Crippen molar-refractivity contribution in [1.29, 1.82) is 0 Å². The van der Waals surface area contributed by atoms with E-state index in [0.29, 0.717) is 11.3 Å². The summed E-state index contributed by atoms with van der Waals surface area (Å²) in [6, 6.07) is 6.73. The van der Waals surface area contributed by atoms with E-state index in [2.05, 4.69) is 5.10 Å². The van der Waals surface area contributed by atoms with Crippen LogP contribution in [0.1, 0.15) is 30.8 Å². The van der Waals surface area contributed by atoms with E-state index in [9.17, 15) is 4.39 Å². The van der Waals surface area contributed by atoms with Crippen LogP contribution in [-0.2, 0) is 12.8 Å². The zero-order chi connectivity index (χ0) is 14.0. The van der Waals surface area contributed by atoms with Crippen LogP contribution in [0, 0.1) is 5.82 Å². The molecule has 0 bridgehead atoms. The van der Waals surface area contributed by atoms with Gasteiger partial charge in [0.2, 0.25) is 0 Å². The number of hydrogen-bond acceptors (Lipinski definition) is 2. The molecule has 0 aliphatic rings. The Balaban J connectivity index is 2.52. The highest BCUT2D eigenvalue weighted by Gasteiger charge is 2.12. The highest BCUT2D eigenvalue weighted by molar-refractivity contribution is 7.80. The van der Waals surface area contributed by atoms with E-state index in [0.717, 1.165) is 24.2 Å². The van der Waals surface area contributed by atoms with Crippen LogP contribution in [-0.4, -0.2) is 14.8 Å². The van der Waals surface area contributed by atoms with Gasteiger partial charge in [0.25, 0.3) is 0 Å². The molecule has 0 fully saturated rings. The lowest BCUT2D eigenvalue weighted by Gasteiger charge is -2.08. The fourth-order valence-electron chi connectivity index (χ4n) is 1.94. The molecule has 0 saturated carbocycles. The summed E-state index contributed by atoms with van der Waals surface area (Å²) in [5.74, 6) is -0.370. The standard InChI is InChI=1S/C14H16FN3S/c1-3-10-8-11(4-2)18(17-10)13-6-5-9(14(16)19)7-12(13)15/h5-8H,3-4H2,1-2H3,(H2,16,19). The molecule has 100 valence electrons. The second-order valence-electron chi connectivity index (χ2n) is 4.28. The molecule has 0 radical (unpaired) electrons. The Bertz CT molecular complexity index is 619. The predicted octanol–water partition coefficient (Wildman–Crippen LogP) is 2.77. The maximum absolute atomic E-state index is 14.1. The first-order valence-electron chi connectivity index (χ1n) is 6.24. The maximum atomic E-state index is 14.1. The number of benzene rings is 1. The van der Waals surface area contributed by atoms with Crippen molar-refractivity contribution in [3.63, 3.8) is 0 Å². The van der Waals surface area contributed by atoms with E-state index in [1.165, 1.54) is 6.07 Å². The Morgan fingerprint density at radius 3 is 2.58 bits per heavy atom. The van der Waals surface area contributed by atoms with Crippen LogP contribution < -0.4 is 5.73 Å². The molecule has 19 heavy (non-hydrogen) atoms. The van der Waals surface area contributed by atoms with Crippen molar-refractivity contribution in [2.75, 3.05) is 0 Å². The lowest BCUT2D eigenvalue weighted by Crippen LogP contribution is -2.11. The van der Waals surface area contributed by atoms with Gasteiger partial charge in [-0.3, -0.25) is 0 Å². The molecule has 0 aliphatic carbocycles. The summed E-state index contributed by atoms with van der Waals surface area (Å²) < 4.78 is 15.8. The second kappa shape index (κ2) is 5.48. The summed E-state index contributed by atoms with van der Waals surface area (Å²) in [7, 11) is 0. The summed E-state index contributed by atoms with van der Waals surface area (Å²) in [4.78, 5) is 0.191. The van der Waals surface area contributed by atoms with Crippen LogP contribution in [0.2, 0.25) is 0 Å². The van der Waals surface area contributed by atoms with Crippen LogP contribution in [0.3, 0.4) is 0 Å². The van der Waals surface area contributed by atoms with Crippen LogP contribution in [0.15, 0.2) is 24.3 Å². The Morgan fingerprint density at radius 2 is 2.05 bits per heavy atom. The molecule has 1 aromatic heterocycles. The number of hydrogen-bond donors (Lipinski definition) is 1. The SMILES string of the molecule is CCc1cc(CC)n(-c2ccc(C(N)=S)cc2F)n1. The minimum absolute atomic E-state index is 0.191. The summed E-state index contributed by atoms with van der Waals surface area (Å²) in [5.41, 5.74) is 8.39. The first-order chi connectivity index (χ1) is 9.06. The van der Waals surface area contributed by atoms with Gasteiger partial charge >= 0.3 is 0 Å². The molecule has 0 aliphatic heterocycles. The highest BCUT2D eigenvalue weighted by atomic mass is 32.1. The van der Waals surface area contributed by atoms with Crippen molar-refractivity contribution < 1.29 is 4.39 Å². The number of rotatable bonds is 4. The van der Waals surface area contributed by atoms with E-state index >= 15 is 0 Å². The molecule has 5 heteroatoms.